The zero-order chi connectivity index (χ0) is 26.1. The van der Waals surface area contributed by atoms with Crippen LogP contribution >= 0.6 is 0 Å². The first kappa shape index (κ1) is 26.0. The summed E-state index contributed by atoms with van der Waals surface area (Å²) >= 11 is 0. The van der Waals surface area contributed by atoms with E-state index in [9.17, 15) is 9.59 Å². The van der Waals surface area contributed by atoms with Gasteiger partial charge < -0.3 is 9.47 Å². The molecule has 1 fully saturated rings. The van der Waals surface area contributed by atoms with Crippen molar-refractivity contribution >= 4 is 23.0 Å². The van der Waals surface area contributed by atoms with E-state index in [0.717, 1.165) is 35.9 Å². The normalized spacial score (nSPS) is 19.3. The Balaban J connectivity index is 1.82. The number of para-hydroxylation sites is 1. The fraction of sp³-hybridized carbons (Fsp3) is 0.467. The van der Waals surface area contributed by atoms with Crippen LogP contribution in [0.2, 0.25) is 0 Å². The van der Waals surface area contributed by atoms with Gasteiger partial charge in [0, 0.05) is 18.1 Å². The molecule has 3 aromatic rings. The summed E-state index contributed by atoms with van der Waals surface area (Å²) in [6.45, 7) is 12.8. The van der Waals surface area contributed by atoms with Crippen molar-refractivity contribution in [2.45, 2.75) is 78.2 Å². The highest BCUT2D eigenvalue weighted by Gasteiger charge is 2.41. The Morgan fingerprint density at radius 1 is 0.889 bits per heavy atom. The van der Waals surface area contributed by atoms with Gasteiger partial charge in [0.15, 0.2) is 0 Å². The van der Waals surface area contributed by atoms with Crippen molar-refractivity contribution in [1.29, 1.82) is 0 Å². The number of benzene rings is 2. The van der Waals surface area contributed by atoms with Crippen LogP contribution in [0.3, 0.4) is 0 Å². The Hall–Kier alpha value is -3.12. The number of aromatic nitrogens is 1. The Bertz CT molecular complexity index is 1220. The van der Waals surface area contributed by atoms with Crippen LogP contribution in [0.15, 0.2) is 60.8 Å². The van der Waals surface area contributed by atoms with Crippen LogP contribution in [-0.2, 0) is 20.8 Å². The van der Waals surface area contributed by atoms with Crippen LogP contribution in [0.1, 0.15) is 71.6 Å². The number of hydrogen-bond acceptors (Lipinski definition) is 5. The lowest BCUT2D eigenvalue weighted by molar-refractivity contribution is -0.164. The van der Waals surface area contributed by atoms with E-state index in [-0.39, 0.29) is 17.9 Å². The average Bonchev–Trinajstić information content (AvgIpc) is 3.17. The summed E-state index contributed by atoms with van der Waals surface area (Å²) < 4.78 is 13.2. The van der Waals surface area contributed by atoms with Crippen LogP contribution in [0.25, 0.3) is 10.9 Å². The molecule has 2 heterocycles. The topological polar surface area (TPSA) is 60.8 Å². The summed E-state index contributed by atoms with van der Waals surface area (Å²) in [5, 5.41) is 0.946. The third-order valence-electron chi connectivity index (χ3n) is 6.32. The molecule has 0 bridgehead atoms. The summed E-state index contributed by atoms with van der Waals surface area (Å²) in [4.78, 5) is 29.0. The van der Waals surface area contributed by atoms with E-state index in [1.54, 1.807) is 4.57 Å². The summed E-state index contributed by atoms with van der Waals surface area (Å²) in [5.41, 5.74) is 1.71. The van der Waals surface area contributed by atoms with Crippen LogP contribution in [0.4, 0.5) is 4.79 Å². The number of nitrogens with zero attached hydrogens (tertiary/aromatic N) is 2. The smallest absolute Gasteiger partial charge is 0.419 e. The number of hydrogen-bond donors (Lipinski definition) is 0. The molecular formula is C30H38N2O4. The Morgan fingerprint density at radius 3 is 2.19 bits per heavy atom. The van der Waals surface area contributed by atoms with Gasteiger partial charge in [-0.1, -0.05) is 48.5 Å². The van der Waals surface area contributed by atoms with Gasteiger partial charge in [-0.3, -0.25) is 14.3 Å². The number of likely N-dealkylation sites (tertiary alicyclic amines) is 1. The van der Waals surface area contributed by atoms with E-state index < -0.39 is 17.3 Å². The van der Waals surface area contributed by atoms with E-state index in [1.165, 1.54) is 5.56 Å². The van der Waals surface area contributed by atoms with E-state index in [4.69, 9.17) is 9.47 Å². The van der Waals surface area contributed by atoms with Crippen molar-refractivity contribution in [2.24, 2.45) is 5.92 Å². The summed E-state index contributed by atoms with van der Waals surface area (Å²) in [6.07, 6.45) is 3.07. The SMILES string of the molecule is CC(C)(C)OC(=O)[C@@H]1CCCN(Cc2ccccc2)[C@@H]1c1cn(C(=O)OC(C)(C)C)c2ccccc12. The monoisotopic (exact) mass is 490 g/mol. The third kappa shape index (κ3) is 5.98. The maximum Gasteiger partial charge on any atom is 0.419 e. The molecule has 2 aromatic carbocycles. The van der Waals surface area contributed by atoms with Gasteiger partial charge in [0.05, 0.1) is 17.5 Å². The second-order valence-electron chi connectivity index (χ2n) is 11.6. The molecule has 0 unspecified atom stereocenters. The number of carbonyl (C=O) groups is 2. The van der Waals surface area contributed by atoms with E-state index in [1.807, 2.05) is 90.2 Å². The quantitative estimate of drug-likeness (QED) is 0.380. The summed E-state index contributed by atoms with van der Waals surface area (Å²) in [5.74, 6) is -0.543. The lowest BCUT2D eigenvalue weighted by Gasteiger charge is -2.41. The first-order chi connectivity index (χ1) is 16.9. The molecule has 1 saturated heterocycles. The van der Waals surface area contributed by atoms with Crippen molar-refractivity contribution < 1.29 is 19.1 Å². The molecule has 0 N–H and O–H groups in total. The first-order valence-electron chi connectivity index (χ1n) is 12.8. The average molecular weight is 491 g/mol. The van der Waals surface area contributed by atoms with E-state index >= 15 is 0 Å². The third-order valence-corrected chi connectivity index (χ3v) is 6.32. The zero-order valence-corrected chi connectivity index (χ0v) is 22.3. The number of carbonyl (C=O) groups excluding carboxylic acids is 2. The molecule has 0 radical (unpaired) electrons. The number of rotatable bonds is 4. The van der Waals surface area contributed by atoms with Gasteiger partial charge in [0.25, 0.3) is 0 Å². The Morgan fingerprint density at radius 2 is 1.53 bits per heavy atom. The molecule has 0 saturated carbocycles. The first-order valence-corrected chi connectivity index (χ1v) is 12.8. The van der Waals surface area contributed by atoms with Gasteiger partial charge in [-0.05, 0) is 78.1 Å². The molecule has 2 atom stereocenters. The van der Waals surface area contributed by atoms with Crippen molar-refractivity contribution in [3.8, 4) is 0 Å². The fourth-order valence-corrected chi connectivity index (χ4v) is 5.00. The van der Waals surface area contributed by atoms with Gasteiger partial charge in [-0.2, -0.15) is 0 Å². The molecule has 1 aromatic heterocycles. The molecule has 0 aliphatic carbocycles. The van der Waals surface area contributed by atoms with E-state index in [0.29, 0.717) is 6.54 Å². The fourth-order valence-electron chi connectivity index (χ4n) is 5.00. The molecule has 1 aliphatic heterocycles. The highest BCUT2D eigenvalue weighted by atomic mass is 16.6. The van der Waals surface area contributed by atoms with Crippen LogP contribution in [-0.4, -0.2) is 39.3 Å². The largest absolute Gasteiger partial charge is 0.460 e. The standard InChI is InChI=1S/C30H38N2O4/c1-29(2,3)35-27(33)23-16-12-18-31(19-21-13-8-7-9-14-21)26(23)24-20-32(28(34)36-30(4,5)6)25-17-11-10-15-22(24)25/h7-11,13-15,17,20,23,26H,12,16,18-19H2,1-6H3/t23-,26+/m1/s1. The molecule has 6 nitrogen and oxygen atoms in total. The molecule has 0 spiro atoms. The highest BCUT2D eigenvalue weighted by molar-refractivity contribution is 5.93. The Labute approximate surface area is 214 Å². The van der Waals surface area contributed by atoms with Gasteiger partial charge in [0.1, 0.15) is 11.2 Å². The van der Waals surface area contributed by atoms with Crippen LogP contribution in [0.5, 0.6) is 0 Å². The lowest BCUT2D eigenvalue weighted by atomic mass is 9.84. The molecular weight excluding hydrogens is 452 g/mol. The second-order valence-corrected chi connectivity index (χ2v) is 11.6. The maximum absolute atomic E-state index is 13.5. The van der Waals surface area contributed by atoms with Crippen LogP contribution in [0, 0.1) is 5.92 Å². The van der Waals surface area contributed by atoms with Crippen molar-refractivity contribution in [3.05, 3.63) is 71.9 Å². The van der Waals surface area contributed by atoms with E-state index in [2.05, 4.69) is 17.0 Å². The lowest BCUT2D eigenvalue weighted by Crippen LogP contribution is -2.43. The Kier molecular flexibility index (Phi) is 7.28. The predicted molar refractivity (Wildman–Crippen MR) is 142 cm³/mol. The molecule has 6 heteroatoms. The minimum absolute atomic E-state index is 0.195. The number of esters is 1. The van der Waals surface area contributed by atoms with Gasteiger partial charge in [-0.25, -0.2) is 4.79 Å². The minimum atomic E-state index is -0.619. The van der Waals surface area contributed by atoms with Crippen molar-refractivity contribution in [1.82, 2.24) is 9.47 Å². The van der Waals surface area contributed by atoms with Crippen molar-refractivity contribution in [2.75, 3.05) is 6.54 Å². The molecule has 1 aliphatic rings. The molecule has 0 amide bonds. The predicted octanol–water partition coefficient (Wildman–Crippen LogP) is 6.72. The molecule has 36 heavy (non-hydrogen) atoms. The van der Waals surface area contributed by atoms with Gasteiger partial charge in [-0.15, -0.1) is 0 Å². The van der Waals surface area contributed by atoms with Gasteiger partial charge in [0.2, 0.25) is 0 Å². The van der Waals surface area contributed by atoms with Gasteiger partial charge >= 0.3 is 12.1 Å². The maximum atomic E-state index is 13.5. The van der Waals surface area contributed by atoms with Crippen LogP contribution < -0.4 is 0 Å². The number of ether oxygens (including phenoxy) is 2. The zero-order valence-electron chi connectivity index (χ0n) is 22.3. The van der Waals surface area contributed by atoms with Crippen molar-refractivity contribution in [3.63, 3.8) is 0 Å². The number of piperidine rings is 1. The number of fused-ring (bicyclic) bond motifs is 1. The summed E-state index contributed by atoms with van der Waals surface area (Å²) in [6, 6.07) is 17.9. The molecule has 192 valence electrons. The second kappa shape index (κ2) is 10.1. The molecule has 4 rings (SSSR count). The minimum Gasteiger partial charge on any atom is -0.460 e. The highest BCUT2D eigenvalue weighted by Crippen LogP contribution is 2.42. The summed E-state index contributed by atoms with van der Waals surface area (Å²) in [7, 11) is 0.